The second kappa shape index (κ2) is 5.67. The summed E-state index contributed by atoms with van der Waals surface area (Å²) in [5.74, 6) is 0.976. The van der Waals surface area contributed by atoms with Crippen LogP contribution in [0.3, 0.4) is 0 Å². The molecular weight excluding hydrogens is 242 g/mol. The fourth-order valence-electron chi connectivity index (χ4n) is 2.06. The zero-order chi connectivity index (χ0) is 13.8. The van der Waals surface area contributed by atoms with E-state index in [1.54, 1.807) is 12.1 Å². The number of hydrogen-bond donors (Lipinski definition) is 0. The minimum atomic E-state index is -0.629. The van der Waals surface area contributed by atoms with Crippen molar-refractivity contribution in [2.45, 2.75) is 19.8 Å². The molecule has 0 radical (unpaired) electrons. The number of terminal acetylenes is 1. The number of aryl methyl sites for hydroxylation is 1. The van der Waals surface area contributed by atoms with Gasteiger partial charge in [0, 0.05) is 5.56 Å². The third-order valence-electron chi connectivity index (χ3n) is 2.99. The van der Waals surface area contributed by atoms with Gasteiger partial charge in [0.25, 0.3) is 0 Å². The molecule has 2 rings (SSSR count). The van der Waals surface area contributed by atoms with Crippen LogP contribution in [0, 0.1) is 24.0 Å². The van der Waals surface area contributed by atoms with E-state index < -0.39 is 11.6 Å². The standard InChI is InChI=1S/C17H14F2/c1-3-5-13-6-8-14(9-7-13)17-15(18)10-12(4-2)11-16(17)19/h2,6-11H,3,5H2,1H3. The topological polar surface area (TPSA) is 0 Å². The Labute approximate surface area is 112 Å². The molecule has 0 N–H and O–H groups in total. The molecule has 0 spiro atoms. The van der Waals surface area contributed by atoms with Gasteiger partial charge in [-0.25, -0.2) is 8.78 Å². The van der Waals surface area contributed by atoms with Crippen LogP contribution >= 0.6 is 0 Å². The molecule has 0 unspecified atom stereocenters. The van der Waals surface area contributed by atoms with E-state index in [-0.39, 0.29) is 11.1 Å². The van der Waals surface area contributed by atoms with Gasteiger partial charge < -0.3 is 0 Å². The van der Waals surface area contributed by atoms with E-state index >= 15 is 0 Å². The Kier molecular flexibility index (Phi) is 3.97. The summed E-state index contributed by atoms with van der Waals surface area (Å²) in [5, 5.41) is 0. The summed E-state index contributed by atoms with van der Waals surface area (Å²) >= 11 is 0. The van der Waals surface area contributed by atoms with Crippen molar-refractivity contribution in [2.75, 3.05) is 0 Å². The summed E-state index contributed by atoms with van der Waals surface area (Å²) in [6.45, 7) is 2.09. The zero-order valence-corrected chi connectivity index (χ0v) is 10.7. The molecule has 2 heteroatoms. The molecule has 0 saturated carbocycles. The van der Waals surface area contributed by atoms with Gasteiger partial charge in [-0.3, -0.25) is 0 Å². The van der Waals surface area contributed by atoms with Gasteiger partial charge in [-0.2, -0.15) is 0 Å². The first kappa shape index (κ1) is 13.3. The molecule has 2 aromatic carbocycles. The van der Waals surface area contributed by atoms with Crippen molar-refractivity contribution in [3.63, 3.8) is 0 Å². The molecule has 0 saturated heterocycles. The van der Waals surface area contributed by atoms with Gasteiger partial charge in [0.2, 0.25) is 0 Å². The second-order valence-corrected chi connectivity index (χ2v) is 4.41. The third kappa shape index (κ3) is 2.82. The molecule has 0 aromatic heterocycles. The first-order valence-electron chi connectivity index (χ1n) is 6.20. The molecule has 19 heavy (non-hydrogen) atoms. The first-order valence-corrected chi connectivity index (χ1v) is 6.20. The van der Waals surface area contributed by atoms with Crippen LogP contribution in [0.2, 0.25) is 0 Å². The van der Waals surface area contributed by atoms with Gasteiger partial charge in [-0.1, -0.05) is 43.5 Å². The van der Waals surface area contributed by atoms with Crippen molar-refractivity contribution < 1.29 is 8.78 Å². The fourth-order valence-corrected chi connectivity index (χ4v) is 2.06. The molecule has 0 fully saturated rings. The lowest BCUT2D eigenvalue weighted by Crippen LogP contribution is -1.93. The Morgan fingerprint density at radius 2 is 1.63 bits per heavy atom. The van der Waals surface area contributed by atoms with E-state index in [1.807, 2.05) is 12.1 Å². The van der Waals surface area contributed by atoms with E-state index in [2.05, 4.69) is 12.8 Å². The lowest BCUT2D eigenvalue weighted by atomic mass is 10.00. The minimum absolute atomic E-state index is 0.0259. The Morgan fingerprint density at radius 1 is 1.05 bits per heavy atom. The first-order chi connectivity index (χ1) is 9.15. The van der Waals surface area contributed by atoms with Crippen LogP contribution in [0.25, 0.3) is 11.1 Å². The van der Waals surface area contributed by atoms with Crippen LogP contribution in [-0.2, 0) is 6.42 Å². The molecule has 2 aromatic rings. The SMILES string of the molecule is C#Cc1cc(F)c(-c2ccc(CCC)cc2)c(F)c1. The van der Waals surface area contributed by atoms with Crippen molar-refractivity contribution in [2.24, 2.45) is 0 Å². The van der Waals surface area contributed by atoms with E-state index in [1.165, 1.54) is 12.1 Å². The highest BCUT2D eigenvalue weighted by Crippen LogP contribution is 2.27. The predicted octanol–water partition coefficient (Wildman–Crippen LogP) is 4.57. The Hall–Kier alpha value is -2.14. The summed E-state index contributed by atoms with van der Waals surface area (Å²) in [6.07, 6.45) is 7.15. The molecule has 0 amide bonds. The van der Waals surface area contributed by atoms with Gasteiger partial charge in [0.1, 0.15) is 11.6 Å². The number of benzene rings is 2. The highest BCUT2D eigenvalue weighted by atomic mass is 19.1. The minimum Gasteiger partial charge on any atom is -0.206 e. The van der Waals surface area contributed by atoms with Crippen LogP contribution in [0.15, 0.2) is 36.4 Å². The largest absolute Gasteiger partial charge is 0.206 e. The van der Waals surface area contributed by atoms with E-state index in [9.17, 15) is 8.78 Å². The maximum absolute atomic E-state index is 13.9. The summed E-state index contributed by atoms with van der Waals surface area (Å²) in [6, 6.07) is 9.63. The van der Waals surface area contributed by atoms with Gasteiger partial charge in [-0.15, -0.1) is 6.42 Å². The average molecular weight is 256 g/mol. The van der Waals surface area contributed by atoms with Crippen LogP contribution in [0.5, 0.6) is 0 Å². The monoisotopic (exact) mass is 256 g/mol. The summed E-state index contributed by atoms with van der Waals surface area (Å²) < 4.78 is 27.8. The highest BCUT2D eigenvalue weighted by Gasteiger charge is 2.12. The zero-order valence-electron chi connectivity index (χ0n) is 10.7. The van der Waals surface area contributed by atoms with Gasteiger partial charge in [0.15, 0.2) is 0 Å². The smallest absolute Gasteiger partial charge is 0.135 e. The Morgan fingerprint density at radius 3 is 2.11 bits per heavy atom. The lowest BCUT2D eigenvalue weighted by Gasteiger charge is -2.07. The third-order valence-corrected chi connectivity index (χ3v) is 2.99. The molecule has 0 aliphatic heterocycles. The van der Waals surface area contributed by atoms with E-state index in [4.69, 9.17) is 6.42 Å². The molecule has 0 aliphatic carbocycles. The van der Waals surface area contributed by atoms with E-state index in [0.717, 1.165) is 18.4 Å². The van der Waals surface area contributed by atoms with Gasteiger partial charge in [-0.05, 0) is 29.7 Å². The molecular formula is C17H14F2. The maximum atomic E-state index is 13.9. The molecule has 0 bridgehead atoms. The number of hydrogen-bond acceptors (Lipinski definition) is 0. The normalized spacial score (nSPS) is 10.2. The van der Waals surface area contributed by atoms with Crippen molar-refractivity contribution in [3.8, 4) is 23.5 Å². The quantitative estimate of drug-likeness (QED) is 0.706. The summed E-state index contributed by atoms with van der Waals surface area (Å²) in [7, 11) is 0. The summed E-state index contributed by atoms with van der Waals surface area (Å²) in [5.41, 5.74) is 1.87. The van der Waals surface area contributed by atoms with Crippen molar-refractivity contribution in [3.05, 3.63) is 59.2 Å². The van der Waals surface area contributed by atoms with Crippen LogP contribution in [0.1, 0.15) is 24.5 Å². The molecule has 0 heterocycles. The van der Waals surface area contributed by atoms with Crippen LogP contribution < -0.4 is 0 Å². The number of halogens is 2. The van der Waals surface area contributed by atoms with E-state index in [0.29, 0.717) is 5.56 Å². The van der Waals surface area contributed by atoms with Gasteiger partial charge in [0.05, 0.1) is 5.56 Å². The van der Waals surface area contributed by atoms with Crippen molar-refractivity contribution in [1.82, 2.24) is 0 Å². The molecule has 0 aliphatic rings. The Bertz CT molecular complexity index is 596. The van der Waals surface area contributed by atoms with Crippen LogP contribution in [-0.4, -0.2) is 0 Å². The predicted molar refractivity (Wildman–Crippen MR) is 73.7 cm³/mol. The number of rotatable bonds is 3. The fraction of sp³-hybridized carbons (Fsp3) is 0.176. The van der Waals surface area contributed by atoms with Crippen molar-refractivity contribution in [1.29, 1.82) is 0 Å². The lowest BCUT2D eigenvalue weighted by molar-refractivity contribution is 0.589. The maximum Gasteiger partial charge on any atom is 0.135 e. The van der Waals surface area contributed by atoms with Gasteiger partial charge >= 0.3 is 0 Å². The molecule has 96 valence electrons. The van der Waals surface area contributed by atoms with Crippen LogP contribution in [0.4, 0.5) is 8.78 Å². The van der Waals surface area contributed by atoms with Crippen molar-refractivity contribution >= 4 is 0 Å². The average Bonchev–Trinajstić information content (AvgIpc) is 2.40. The second-order valence-electron chi connectivity index (χ2n) is 4.41. The highest BCUT2D eigenvalue weighted by molar-refractivity contribution is 5.66. The molecule has 0 nitrogen and oxygen atoms in total. The molecule has 0 atom stereocenters. The Balaban J connectivity index is 2.44. The summed E-state index contributed by atoms with van der Waals surface area (Å²) in [4.78, 5) is 0.